The summed E-state index contributed by atoms with van der Waals surface area (Å²) in [6.07, 6.45) is 11.8. The number of allylic oxidation sites excluding steroid dienone is 1. The Morgan fingerprint density at radius 1 is 1.28 bits per heavy atom. The van der Waals surface area contributed by atoms with Gasteiger partial charge in [0.1, 0.15) is 6.10 Å². The molecule has 2 saturated carbocycles. The van der Waals surface area contributed by atoms with E-state index >= 15 is 0 Å². The summed E-state index contributed by atoms with van der Waals surface area (Å²) in [5, 5.41) is 0. The van der Waals surface area contributed by atoms with E-state index in [0.29, 0.717) is 23.7 Å². The van der Waals surface area contributed by atoms with Crippen LogP contribution in [0.2, 0.25) is 0 Å². The molecule has 0 N–H and O–H groups in total. The van der Waals surface area contributed by atoms with Crippen LogP contribution in [0.25, 0.3) is 6.08 Å². The van der Waals surface area contributed by atoms with Crippen LogP contribution in [0, 0.1) is 29.6 Å². The summed E-state index contributed by atoms with van der Waals surface area (Å²) in [4.78, 5) is 17.1. The second-order valence-corrected chi connectivity index (χ2v) is 8.11. The Hall–Kier alpha value is -1.64. The molecule has 0 amide bonds. The Balaban J connectivity index is 1.63. The number of esters is 1. The van der Waals surface area contributed by atoms with Crippen LogP contribution in [-0.2, 0) is 16.0 Å². The minimum atomic E-state index is 0.0463. The Kier molecular flexibility index (Phi) is 4.66. The van der Waals surface area contributed by atoms with Crippen LogP contribution in [0.4, 0.5) is 0 Å². The van der Waals surface area contributed by atoms with Crippen molar-refractivity contribution < 1.29 is 9.53 Å². The summed E-state index contributed by atoms with van der Waals surface area (Å²) in [5.74, 6) is 2.34. The van der Waals surface area contributed by atoms with E-state index in [4.69, 9.17) is 9.72 Å². The summed E-state index contributed by atoms with van der Waals surface area (Å²) in [6.45, 7) is 4.22. The zero-order chi connectivity index (χ0) is 17.4. The number of pyridine rings is 1. The Labute approximate surface area is 150 Å². The topological polar surface area (TPSA) is 39.2 Å². The number of carbonyl (C=O) groups is 1. The zero-order valence-corrected chi connectivity index (χ0v) is 15.4. The van der Waals surface area contributed by atoms with Gasteiger partial charge in [-0.1, -0.05) is 38.3 Å². The largest absolute Gasteiger partial charge is 0.462 e. The van der Waals surface area contributed by atoms with E-state index in [1.807, 2.05) is 0 Å². The molecule has 0 bridgehead atoms. The number of fused-ring (bicyclic) bond motifs is 2. The molecule has 3 aliphatic rings. The second kappa shape index (κ2) is 6.93. The third-order valence-corrected chi connectivity index (χ3v) is 6.75. The maximum absolute atomic E-state index is 12.3. The first kappa shape index (κ1) is 16.8. The van der Waals surface area contributed by atoms with Crippen LogP contribution in [-0.4, -0.2) is 17.1 Å². The van der Waals surface area contributed by atoms with Crippen molar-refractivity contribution >= 4 is 12.0 Å². The second-order valence-electron chi connectivity index (χ2n) is 8.11. The van der Waals surface area contributed by atoms with Crippen LogP contribution < -0.4 is 0 Å². The molecule has 2 heterocycles. The minimum Gasteiger partial charge on any atom is -0.462 e. The lowest BCUT2D eigenvalue weighted by Crippen LogP contribution is -2.42. The third-order valence-electron chi connectivity index (χ3n) is 6.75. The van der Waals surface area contributed by atoms with E-state index in [9.17, 15) is 4.79 Å². The fraction of sp³-hybridized carbons (Fsp3) is 0.636. The summed E-state index contributed by atoms with van der Waals surface area (Å²) >= 11 is 0. The Morgan fingerprint density at radius 2 is 2.12 bits per heavy atom. The van der Waals surface area contributed by atoms with Gasteiger partial charge in [-0.05, 0) is 62.1 Å². The van der Waals surface area contributed by atoms with Crippen molar-refractivity contribution in [1.82, 2.24) is 4.98 Å². The number of carbonyl (C=O) groups excluding carboxylic acids is 1. The number of hydrogen-bond donors (Lipinski definition) is 0. The number of rotatable bonds is 3. The molecule has 1 aliphatic heterocycles. The lowest BCUT2D eigenvalue weighted by molar-refractivity contribution is -0.144. The van der Waals surface area contributed by atoms with Crippen molar-refractivity contribution in [2.45, 2.75) is 58.5 Å². The van der Waals surface area contributed by atoms with Gasteiger partial charge in [0.2, 0.25) is 0 Å². The van der Waals surface area contributed by atoms with E-state index in [0.717, 1.165) is 24.2 Å². The molecule has 4 rings (SSSR count). The van der Waals surface area contributed by atoms with Gasteiger partial charge in [-0.3, -0.25) is 9.78 Å². The smallest absolute Gasteiger partial charge is 0.309 e. The molecular formula is C22H29NO2. The molecule has 3 nitrogen and oxygen atoms in total. The fourth-order valence-electron chi connectivity index (χ4n) is 5.58. The van der Waals surface area contributed by atoms with E-state index in [1.165, 1.54) is 25.7 Å². The van der Waals surface area contributed by atoms with Gasteiger partial charge in [0.05, 0.1) is 11.6 Å². The van der Waals surface area contributed by atoms with Crippen molar-refractivity contribution in [2.24, 2.45) is 29.6 Å². The van der Waals surface area contributed by atoms with Crippen molar-refractivity contribution in [3.05, 3.63) is 35.7 Å². The van der Waals surface area contributed by atoms with Gasteiger partial charge in [0.15, 0.2) is 0 Å². The molecule has 3 fully saturated rings. The van der Waals surface area contributed by atoms with Gasteiger partial charge in [0, 0.05) is 11.6 Å². The number of nitrogens with zero attached hydrogens (tertiary/aromatic N) is 1. The maximum Gasteiger partial charge on any atom is 0.309 e. The van der Waals surface area contributed by atoms with Crippen molar-refractivity contribution in [2.75, 3.05) is 0 Å². The lowest BCUT2D eigenvalue weighted by atomic mass is 9.57. The van der Waals surface area contributed by atoms with E-state index in [1.54, 1.807) is 0 Å². The highest BCUT2D eigenvalue weighted by molar-refractivity contribution is 5.75. The zero-order valence-electron chi connectivity index (χ0n) is 15.4. The van der Waals surface area contributed by atoms with Crippen LogP contribution in [0.5, 0.6) is 0 Å². The molecule has 0 unspecified atom stereocenters. The number of cyclic esters (lactones) is 1. The molecular weight excluding hydrogens is 310 g/mol. The van der Waals surface area contributed by atoms with Crippen LogP contribution in [0.15, 0.2) is 24.3 Å². The van der Waals surface area contributed by atoms with E-state index in [-0.39, 0.29) is 18.0 Å². The quantitative estimate of drug-likeness (QED) is 0.752. The maximum atomic E-state index is 12.3. The summed E-state index contributed by atoms with van der Waals surface area (Å²) < 4.78 is 5.64. The fourth-order valence-corrected chi connectivity index (χ4v) is 5.58. The molecule has 1 aromatic rings. The Morgan fingerprint density at radius 3 is 2.96 bits per heavy atom. The van der Waals surface area contributed by atoms with Gasteiger partial charge >= 0.3 is 5.97 Å². The van der Waals surface area contributed by atoms with Crippen molar-refractivity contribution in [3.63, 3.8) is 0 Å². The third kappa shape index (κ3) is 3.14. The normalized spacial score (nSPS) is 37.6. The minimum absolute atomic E-state index is 0.0463. The monoisotopic (exact) mass is 339 g/mol. The summed E-state index contributed by atoms with van der Waals surface area (Å²) in [6, 6.07) is 6.24. The van der Waals surface area contributed by atoms with Crippen molar-refractivity contribution in [1.29, 1.82) is 0 Å². The first-order valence-electron chi connectivity index (χ1n) is 10.0. The van der Waals surface area contributed by atoms with Gasteiger partial charge < -0.3 is 4.74 Å². The molecule has 6 atom stereocenters. The summed E-state index contributed by atoms with van der Waals surface area (Å²) in [5.41, 5.74) is 2.17. The highest BCUT2D eigenvalue weighted by atomic mass is 16.6. The lowest BCUT2D eigenvalue weighted by Gasteiger charge is -2.45. The number of hydrogen-bond acceptors (Lipinski definition) is 3. The average Bonchev–Trinajstić information content (AvgIpc) is 2.93. The van der Waals surface area contributed by atoms with Gasteiger partial charge in [-0.2, -0.15) is 0 Å². The SMILES string of the molecule is CCc1cccc(/C=C/[C@H]2[C@@H]3CCCC[C@H]3C[C@H]3C(=O)O[C@H](C)[C@@H]23)n1. The average molecular weight is 339 g/mol. The highest BCUT2D eigenvalue weighted by Gasteiger charge is 2.53. The van der Waals surface area contributed by atoms with Gasteiger partial charge in [-0.25, -0.2) is 0 Å². The molecule has 0 aromatic carbocycles. The molecule has 2 aliphatic carbocycles. The highest BCUT2D eigenvalue weighted by Crippen LogP contribution is 2.53. The van der Waals surface area contributed by atoms with Crippen molar-refractivity contribution in [3.8, 4) is 0 Å². The number of aryl methyl sites for hydroxylation is 1. The first-order valence-corrected chi connectivity index (χ1v) is 10.0. The number of aromatic nitrogens is 1. The van der Waals surface area contributed by atoms with Gasteiger partial charge in [-0.15, -0.1) is 0 Å². The standard InChI is InChI=1S/C22H29NO2/c1-3-16-8-6-9-17(23-16)11-12-19-18-10-5-4-7-15(18)13-20-21(19)14(2)25-22(20)24/h6,8-9,11-12,14-15,18-21H,3-5,7,10,13H2,1-2H3/b12-11+/t14-,15+,18-,19+,20-,21+/m1/s1. The predicted octanol–water partition coefficient (Wildman–Crippen LogP) is 4.66. The van der Waals surface area contributed by atoms with Gasteiger partial charge in [0.25, 0.3) is 0 Å². The molecule has 3 heteroatoms. The molecule has 1 aromatic heterocycles. The molecule has 0 radical (unpaired) electrons. The summed E-state index contributed by atoms with van der Waals surface area (Å²) in [7, 11) is 0. The molecule has 25 heavy (non-hydrogen) atoms. The molecule has 1 saturated heterocycles. The van der Waals surface area contributed by atoms with E-state index < -0.39 is 0 Å². The molecule has 134 valence electrons. The van der Waals surface area contributed by atoms with Crippen LogP contribution in [0.1, 0.15) is 57.3 Å². The van der Waals surface area contributed by atoms with Crippen LogP contribution in [0.3, 0.4) is 0 Å². The first-order chi connectivity index (χ1) is 12.2. The predicted molar refractivity (Wildman–Crippen MR) is 98.7 cm³/mol. The van der Waals surface area contributed by atoms with Crippen LogP contribution >= 0.6 is 0 Å². The molecule has 0 spiro atoms. The number of ether oxygens (including phenoxy) is 1. The van der Waals surface area contributed by atoms with E-state index in [2.05, 4.69) is 44.2 Å². The Bertz CT molecular complexity index is 668.